The second-order valence-corrected chi connectivity index (χ2v) is 5.71. The van der Waals surface area contributed by atoms with E-state index in [1.165, 1.54) is 12.1 Å². The Labute approximate surface area is 106 Å². The van der Waals surface area contributed by atoms with Crippen molar-refractivity contribution in [2.75, 3.05) is 11.1 Å². The molecule has 2 nitrogen and oxygen atoms in total. The molecule has 1 atom stereocenters. The summed E-state index contributed by atoms with van der Waals surface area (Å²) < 4.78 is 13.2. The Morgan fingerprint density at radius 3 is 2.76 bits per heavy atom. The molecule has 17 heavy (non-hydrogen) atoms. The minimum absolute atomic E-state index is 0.212. The van der Waals surface area contributed by atoms with E-state index in [1.807, 2.05) is 13.0 Å². The molecule has 0 aliphatic carbocycles. The fourth-order valence-corrected chi connectivity index (χ4v) is 2.92. The summed E-state index contributed by atoms with van der Waals surface area (Å²) >= 11 is 1.70. The molecule has 1 aromatic rings. The lowest BCUT2D eigenvalue weighted by atomic mass is 10.1. The summed E-state index contributed by atoms with van der Waals surface area (Å²) in [5, 5.41) is 4.08. The normalized spacial score (nSPS) is 19.6. The van der Waals surface area contributed by atoms with E-state index < -0.39 is 0 Å². The molecular formula is C13H17FN2S. The van der Waals surface area contributed by atoms with E-state index in [4.69, 9.17) is 0 Å². The standard InChI is InChI=1S/C13H17FN2S/c1-8(2)12-7-17-13(16-12)15-11-5-9(3)4-10(14)6-11/h4-6,8,12H,7H2,1-3H3,(H,15,16)/t12-/m1/s1. The Kier molecular flexibility index (Phi) is 3.72. The molecule has 0 unspecified atom stereocenters. The van der Waals surface area contributed by atoms with E-state index in [2.05, 4.69) is 24.2 Å². The number of aliphatic imine (C=N–C) groups is 1. The maximum absolute atomic E-state index is 13.2. The number of hydrogen-bond acceptors (Lipinski definition) is 3. The Balaban J connectivity index is 2.09. The average Bonchev–Trinajstić information content (AvgIpc) is 2.64. The van der Waals surface area contributed by atoms with Crippen LogP contribution in [0.15, 0.2) is 23.2 Å². The molecule has 0 bridgehead atoms. The molecule has 4 heteroatoms. The van der Waals surface area contributed by atoms with Gasteiger partial charge in [-0.25, -0.2) is 4.39 Å². The Bertz CT molecular complexity index is 423. The maximum Gasteiger partial charge on any atom is 0.161 e. The van der Waals surface area contributed by atoms with Crippen LogP contribution < -0.4 is 5.32 Å². The molecule has 92 valence electrons. The van der Waals surface area contributed by atoms with Crippen LogP contribution in [0.2, 0.25) is 0 Å². The van der Waals surface area contributed by atoms with Gasteiger partial charge in [-0.3, -0.25) is 4.99 Å². The number of thioether (sulfide) groups is 1. The zero-order valence-electron chi connectivity index (χ0n) is 10.3. The van der Waals surface area contributed by atoms with Gasteiger partial charge in [-0.15, -0.1) is 0 Å². The summed E-state index contributed by atoms with van der Waals surface area (Å²) in [6.45, 7) is 6.22. The summed E-state index contributed by atoms with van der Waals surface area (Å²) in [7, 11) is 0. The molecule has 0 radical (unpaired) electrons. The third kappa shape index (κ3) is 3.22. The predicted octanol–water partition coefficient (Wildman–Crippen LogP) is 3.67. The SMILES string of the molecule is Cc1cc(F)cc(NC2=N[C@@H](C(C)C)CS2)c1. The van der Waals surface area contributed by atoms with Crippen molar-refractivity contribution >= 4 is 22.6 Å². The second-order valence-electron chi connectivity index (χ2n) is 4.70. The highest BCUT2D eigenvalue weighted by Crippen LogP contribution is 2.25. The van der Waals surface area contributed by atoms with Gasteiger partial charge in [0.2, 0.25) is 0 Å². The molecule has 1 heterocycles. The number of hydrogen-bond donors (Lipinski definition) is 1. The molecule has 0 aromatic heterocycles. The summed E-state index contributed by atoms with van der Waals surface area (Å²) in [4.78, 5) is 4.59. The molecular weight excluding hydrogens is 235 g/mol. The first-order chi connectivity index (χ1) is 8.04. The van der Waals surface area contributed by atoms with Crippen molar-refractivity contribution in [3.63, 3.8) is 0 Å². The average molecular weight is 252 g/mol. The van der Waals surface area contributed by atoms with Crippen LogP contribution in [-0.2, 0) is 0 Å². The summed E-state index contributed by atoms with van der Waals surface area (Å²) in [5.41, 5.74) is 1.69. The molecule has 1 aliphatic heterocycles. The van der Waals surface area contributed by atoms with Crippen LogP contribution in [0, 0.1) is 18.7 Å². The lowest BCUT2D eigenvalue weighted by molar-refractivity contribution is 0.543. The highest BCUT2D eigenvalue weighted by molar-refractivity contribution is 8.14. The first kappa shape index (κ1) is 12.4. The summed E-state index contributed by atoms with van der Waals surface area (Å²) in [6, 6.07) is 5.32. The van der Waals surface area contributed by atoms with Gasteiger partial charge in [-0.2, -0.15) is 0 Å². The lowest BCUT2D eigenvalue weighted by Crippen LogP contribution is -2.12. The van der Waals surface area contributed by atoms with Gasteiger partial charge in [0, 0.05) is 11.4 Å². The molecule has 0 fully saturated rings. The number of benzene rings is 1. The zero-order chi connectivity index (χ0) is 12.4. The Morgan fingerprint density at radius 1 is 1.41 bits per heavy atom. The third-order valence-electron chi connectivity index (χ3n) is 2.74. The number of nitrogens with one attached hydrogen (secondary N) is 1. The summed E-state index contributed by atoms with van der Waals surface area (Å²) in [5.74, 6) is 1.35. The van der Waals surface area contributed by atoms with E-state index in [0.29, 0.717) is 12.0 Å². The number of anilines is 1. The Hall–Kier alpha value is -1.03. The van der Waals surface area contributed by atoms with E-state index in [9.17, 15) is 4.39 Å². The van der Waals surface area contributed by atoms with Crippen LogP contribution in [0.1, 0.15) is 19.4 Å². The maximum atomic E-state index is 13.2. The van der Waals surface area contributed by atoms with Crippen molar-refractivity contribution in [2.45, 2.75) is 26.8 Å². The lowest BCUT2D eigenvalue weighted by Gasteiger charge is -2.08. The number of halogens is 1. The van der Waals surface area contributed by atoms with E-state index in [-0.39, 0.29) is 5.82 Å². The molecule has 1 N–H and O–H groups in total. The van der Waals surface area contributed by atoms with Gasteiger partial charge in [0.05, 0.1) is 6.04 Å². The number of nitrogens with zero attached hydrogens (tertiary/aromatic N) is 1. The van der Waals surface area contributed by atoms with Crippen molar-refractivity contribution in [1.29, 1.82) is 0 Å². The molecule has 0 amide bonds. The third-order valence-corrected chi connectivity index (χ3v) is 3.73. The van der Waals surface area contributed by atoms with Crippen molar-refractivity contribution in [1.82, 2.24) is 0 Å². The first-order valence-electron chi connectivity index (χ1n) is 5.79. The second kappa shape index (κ2) is 5.08. The van der Waals surface area contributed by atoms with Gasteiger partial charge in [0.1, 0.15) is 5.82 Å². The minimum Gasteiger partial charge on any atom is -0.335 e. The topological polar surface area (TPSA) is 24.4 Å². The van der Waals surface area contributed by atoms with Crippen molar-refractivity contribution in [3.8, 4) is 0 Å². The fraction of sp³-hybridized carbons (Fsp3) is 0.462. The number of rotatable bonds is 2. The van der Waals surface area contributed by atoms with Gasteiger partial charge in [0.15, 0.2) is 5.17 Å². The van der Waals surface area contributed by atoms with Gasteiger partial charge in [-0.05, 0) is 36.6 Å². The van der Waals surface area contributed by atoms with Crippen LogP contribution in [0.4, 0.5) is 10.1 Å². The molecule has 0 saturated heterocycles. The monoisotopic (exact) mass is 252 g/mol. The van der Waals surface area contributed by atoms with E-state index >= 15 is 0 Å². The first-order valence-corrected chi connectivity index (χ1v) is 6.78. The fourth-order valence-electron chi connectivity index (χ4n) is 1.73. The largest absolute Gasteiger partial charge is 0.335 e. The number of aryl methyl sites for hydroxylation is 1. The Morgan fingerprint density at radius 2 is 2.18 bits per heavy atom. The molecule has 2 rings (SSSR count). The van der Waals surface area contributed by atoms with Gasteiger partial charge in [-0.1, -0.05) is 25.6 Å². The zero-order valence-corrected chi connectivity index (χ0v) is 11.1. The minimum atomic E-state index is -0.212. The van der Waals surface area contributed by atoms with E-state index in [0.717, 1.165) is 22.2 Å². The van der Waals surface area contributed by atoms with Crippen molar-refractivity contribution in [2.24, 2.45) is 10.9 Å². The molecule has 0 spiro atoms. The highest BCUT2D eigenvalue weighted by atomic mass is 32.2. The quantitative estimate of drug-likeness (QED) is 0.868. The summed E-state index contributed by atoms with van der Waals surface area (Å²) in [6.07, 6.45) is 0. The van der Waals surface area contributed by atoms with Crippen molar-refractivity contribution < 1.29 is 4.39 Å². The van der Waals surface area contributed by atoms with Crippen LogP contribution in [0.5, 0.6) is 0 Å². The molecule has 1 aromatic carbocycles. The van der Waals surface area contributed by atoms with Crippen LogP contribution in [0.25, 0.3) is 0 Å². The number of amidine groups is 1. The molecule has 1 aliphatic rings. The predicted molar refractivity (Wildman–Crippen MR) is 73.3 cm³/mol. The van der Waals surface area contributed by atoms with Crippen molar-refractivity contribution in [3.05, 3.63) is 29.6 Å². The molecule has 0 saturated carbocycles. The van der Waals surface area contributed by atoms with Crippen LogP contribution in [0.3, 0.4) is 0 Å². The van der Waals surface area contributed by atoms with Gasteiger partial charge < -0.3 is 5.32 Å². The van der Waals surface area contributed by atoms with E-state index in [1.54, 1.807) is 11.8 Å². The highest BCUT2D eigenvalue weighted by Gasteiger charge is 2.21. The smallest absolute Gasteiger partial charge is 0.161 e. The van der Waals surface area contributed by atoms with Gasteiger partial charge in [0.25, 0.3) is 0 Å². The van der Waals surface area contributed by atoms with Crippen LogP contribution in [-0.4, -0.2) is 17.0 Å². The van der Waals surface area contributed by atoms with Crippen LogP contribution >= 0.6 is 11.8 Å². The van der Waals surface area contributed by atoms with Gasteiger partial charge >= 0.3 is 0 Å².